The molecule has 4 rings (SSSR count). The Labute approximate surface area is 165 Å². The van der Waals surface area contributed by atoms with Crippen LogP contribution < -0.4 is 14.8 Å². The Kier molecular flexibility index (Phi) is 5.48. The van der Waals surface area contributed by atoms with Crippen molar-refractivity contribution in [2.45, 2.75) is 26.2 Å². The molecule has 1 saturated heterocycles. The molecule has 6 heteroatoms. The molecule has 0 saturated carbocycles. The molecule has 1 aromatic carbocycles. The maximum Gasteiger partial charge on any atom is 0.163 e. The first kappa shape index (κ1) is 18.7. The topological polar surface area (TPSA) is 59.5 Å². The van der Waals surface area contributed by atoms with Gasteiger partial charge in [0.05, 0.1) is 24.8 Å². The van der Waals surface area contributed by atoms with Gasteiger partial charge in [-0.15, -0.1) is 0 Å². The van der Waals surface area contributed by atoms with Gasteiger partial charge in [0.15, 0.2) is 11.5 Å². The third-order valence-electron chi connectivity index (χ3n) is 5.37. The summed E-state index contributed by atoms with van der Waals surface area (Å²) in [6, 6.07) is 8.03. The zero-order chi connectivity index (χ0) is 19.5. The maximum atomic E-state index is 6.07. The molecule has 148 valence electrons. The molecule has 0 aliphatic carbocycles. The van der Waals surface area contributed by atoms with E-state index in [0.29, 0.717) is 6.61 Å². The summed E-state index contributed by atoms with van der Waals surface area (Å²) in [6.07, 6.45) is 3.65. The molecule has 0 amide bonds. The Morgan fingerprint density at radius 2 is 1.89 bits per heavy atom. The van der Waals surface area contributed by atoms with E-state index >= 15 is 0 Å². The normalized spacial score (nSPS) is 14.7. The van der Waals surface area contributed by atoms with Crippen LogP contribution in [-0.4, -0.2) is 55.3 Å². The molecule has 28 heavy (non-hydrogen) atoms. The number of nitrogens with zero attached hydrogens (tertiary/aromatic N) is 3. The standard InChI is InChI=1S/C22H28N4O2/c1-15-7-8-16-21(24-15)17-13-19(27-3)20(14-18(17)25-22(16)23-2)28-12-6-11-26-9-4-5-10-26/h7-8,13-14H,4-6,9-12H2,1-3H3,(H,23,25). The number of aromatic nitrogens is 2. The minimum atomic E-state index is 0.669. The van der Waals surface area contributed by atoms with Crippen molar-refractivity contribution in [2.24, 2.45) is 0 Å². The van der Waals surface area contributed by atoms with Gasteiger partial charge >= 0.3 is 0 Å². The van der Waals surface area contributed by atoms with Crippen LogP contribution in [0.15, 0.2) is 24.3 Å². The maximum absolute atomic E-state index is 6.07. The van der Waals surface area contributed by atoms with Crippen LogP contribution >= 0.6 is 0 Å². The lowest BCUT2D eigenvalue weighted by Gasteiger charge is -2.16. The van der Waals surface area contributed by atoms with Crippen LogP contribution in [0.4, 0.5) is 5.82 Å². The number of methoxy groups -OCH3 is 1. The van der Waals surface area contributed by atoms with Gasteiger partial charge in [-0.2, -0.15) is 0 Å². The van der Waals surface area contributed by atoms with Gasteiger partial charge in [0.1, 0.15) is 5.82 Å². The fourth-order valence-corrected chi connectivity index (χ4v) is 3.90. The van der Waals surface area contributed by atoms with Crippen LogP contribution in [0.25, 0.3) is 21.8 Å². The summed E-state index contributed by atoms with van der Waals surface area (Å²) in [5.41, 5.74) is 2.75. The monoisotopic (exact) mass is 380 g/mol. The van der Waals surface area contributed by atoms with Gasteiger partial charge in [-0.25, -0.2) is 4.98 Å². The molecule has 3 aromatic rings. The van der Waals surface area contributed by atoms with Crippen molar-refractivity contribution in [2.75, 3.05) is 45.7 Å². The molecular formula is C22H28N4O2. The Morgan fingerprint density at radius 1 is 1.07 bits per heavy atom. The number of rotatable bonds is 7. The van der Waals surface area contributed by atoms with Gasteiger partial charge in [-0.1, -0.05) is 0 Å². The lowest BCUT2D eigenvalue weighted by molar-refractivity contribution is 0.254. The molecule has 0 spiro atoms. The smallest absolute Gasteiger partial charge is 0.163 e. The van der Waals surface area contributed by atoms with Gasteiger partial charge in [0.25, 0.3) is 0 Å². The van der Waals surface area contributed by atoms with E-state index in [-0.39, 0.29) is 0 Å². The summed E-state index contributed by atoms with van der Waals surface area (Å²) in [5, 5.41) is 5.16. The number of benzene rings is 1. The molecule has 3 heterocycles. The Morgan fingerprint density at radius 3 is 2.64 bits per heavy atom. The second-order valence-corrected chi connectivity index (χ2v) is 7.33. The van der Waals surface area contributed by atoms with E-state index in [4.69, 9.17) is 19.4 Å². The minimum absolute atomic E-state index is 0.669. The first-order chi connectivity index (χ1) is 13.7. The molecule has 1 aliphatic heterocycles. The van der Waals surface area contributed by atoms with Gasteiger partial charge in [-0.3, -0.25) is 4.98 Å². The first-order valence-electron chi connectivity index (χ1n) is 10.0. The number of aryl methyl sites for hydroxylation is 1. The molecular weight excluding hydrogens is 352 g/mol. The Hall–Kier alpha value is -2.60. The fraction of sp³-hybridized carbons (Fsp3) is 0.455. The summed E-state index contributed by atoms with van der Waals surface area (Å²) in [6.45, 7) is 6.19. The fourth-order valence-electron chi connectivity index (χ4n) is 3.90. The highest BCUT2D eigenvalue weighted by Gasteiger charge is 2.15. The van der Waals surface area contributed by atoms with E-state index in [1.807, 2.05) is 32.2 Å². The number of hydrogen-bond acceptors (Lipinski definition) is 6. The predicted molar refractivity (Wildman–Crippen MR) is 114 cm³/mol. The minimum Gasteiger partial charge on any atom is -0.493 e. The van der Waals surface area contributed by atoms with Crippen LogP contribution in [0.5, 0.6) is 11.5 Å². The number of fused-ring (bicyclic) bond motifs is 3. The molecule has 2 aromatic heterocycles. The summed E-state index contributed by atoms with van der Waals surface area (Å²) >= 11 is 0. The van der Waals surface area contributed by atoms with Crippen LogP contribution in [0.2, 0.25) is 0 Å². The number of pyridine rings is 2. The summed E-state index contributed by atoms with van der Waals surface area (Å²) in [4.78, 5) is 12.0. The van der Waals surface area contributed by atoms with Gasteiger partial charge in [-0.05, 0) is 57.5 Å². The lowest BCUT2D eigenvalue weighted by atomic mass is 10.1. The molecule has 1 N–H and O–H groups in total. The van der Waals surface area contributed by atoms with E-state index < -0.39 is 0 Å². The van der Waals surface area contributed by atoms with E-state index in [2.05, 4.69) is 16.3 Å². The van der Waals surface area contributed by atoms with Crippen LogP contribution in [0.3, 0.4) is 0 Å². The summed E-state index contributed by atoms with van der Waals surface area (Å²) in [5.74, 6) is 2.27. The average molecular weight is 380 g/mol. The highest BCUT2D eigenvalue weighted by molar-refractivity contribution is 6.08. The van der Waals surface area contributed by atoms with Crippen molar-refractivity contribution in [3.8, 4) is 11.5 Å². The summed E-state index contributed by atoms with van der Waals surface area (Å²) in [7, 11) is 3.56. The SMILES string of the molecule is CNc1nc2cc(OCCCN3CCCC3)c(OC)cc2c2nc(C)ccc12. The van der Waals surface area contributed by atoms with Gasteiger partial charge in [0.2, 0.25) is 0 Å². The van der Waals surface area contributed by atoms with Gasteiger partial charge < -0.3 is 19.7 Å². The van der Waals surface area contributed by atoms with Crippen molar-refractivity contribution in [3.63, 3.8) is 0 Å². The van der Waals surface area contributed by atoms with Crippen molar-refractivity contribution in [3.05, 3.63) is 30.0 Å². The van der Waals surface area contributed by atoms with Crippen molar-refractivity contribution in [1.82, 2.24) is 14.9 Å². The first-order valence-corrected chi connectivity index (χ1v) is 10.0. The van der Waals surface area contributed by atoms with Crippen molar-refractivity contribution >= 4 is 27.6 Å². The second-order valence-electron chi connectivity index (χ2n) is 7.33. The number of hydrogen-bond donors (Lipinski definition) is 1. The predicted octanol–water partition coefficient (Wildman–Crippen LogP) is 4.01. The van der Waals surface area contributed by atoms with Crippen molar-refractivity contribution in [1.29, 1.82) is 0 Å². The van der Waals surface area contributed by atoms with E-state index in [1.165, 1.54) is 25.9 Å². The second kappa shape index (κ2) is 8.19. The third-order valence-corrected chi connectivity index (χ3v) is 5.37. The molecule has 1 aliphatic rings. The Balaban J connectivity index is 1.64. The van der Waals surface area contributed by atoms with E-state index in [0.717, 1.165) is 57.8 Å². The lowest BCUT2D eigenvalue weighted by Crippen LogP contribution is -2.21. The quantitative estimate of drug-likeness (QED) is 0.494. The molecule has 0 radical (unpaired) electrons. The highest BCUT2D eigenvalue weighted by Crippen LogP contribution is 2.36. The Bertz CT molecular complexity index is 983. The van der Waals surface area contributed by atoms with E-state index in [9.17, 15) is 0 Å². The molecule has 6 nitrogen and oxygen atoms in total. The number of likely N-dealkylation sites (tertiary alicyclic amines) is 1. The number of nitrogens with one attached hydrogen (secondary N) is 1. The van der Waals surface area contributed by atoms with Crippen LogP contribution in [-0.2, 0) is 0 Å². The molecule has 1 fully saturated rings. The largest absolute Gasteiger partial charge is 0.493 e. The van der Waals surface area contributed by atoms with Crippen LogP contribution in [0, 0.1) is 6.92 Å². The van der Waals surface area contributed by atoms with Gasteiger partial charge in [0, 0.05) is 36.1 Å². The zero-order valence-corrected chi connectivity index (χ0v) is 16.9. The highest BCUT2D eigenvalue weighted by atomic mass is 16.5. The summed E-state index contributed by atoms with van der Waals surface area (Å²) < 4.78 is 11.7. The number of anilines is 1. The number of ether oxygens (including phenoxy) is 2. The van der Waals surface area contributed by atoms with E-state index in [1.54, 1.807) is 7.11 Å². The van der Waals surface area contributed by atoms with Crippen molar-refractivity contribution < 1.29 is 9.47 Å². The average Bonchev–Trinajstić information content (AvgIpc) is 3.23. The molecule has 0 unspecified atom stereocenters. The molecule has 0 atom stereocenters. The van der Waals surface area contributed by atoms with Crippen LogP contribution in [0.1, 0.15) is 25.0 Å². The zero-order valence-electron chi connectivity index (χ0n) is 16.9. The third kappa shape index (κ3) is 3.69. The molecule has 0 bridgehead atoms.